The molecule has 0 aromatic rings. The summed E-state index contributed by atoms with van der Waals surface area (Å²) in [5.41, 5.74) is 0.271. The van der Waals surface area contributed by atoms with E-state index in [9.17, 15) is 0 Å². The zero-order valence-corrected chi connectivity index (χ0v) is 10.2. The van der Waals surface area contributed by atoms with E-state index in [4.69, 9.17) is 4.74 Å². The Bertz CT molecular complexity index is 204. The molecule has 0 aromatic carbocycles. The second-order valence-corrected chi connectivity index (χ2v) is 4.78. The molecule has 88 valence electrons. The van der Waals surface area contributed by atoms with E-state index in [1.807, 2.05) is 6.08 Å². The summed E-state index contributed by atoms with van der Waals surface area (Å²) in [5, 5.41) is 6.84. The van der Waals surface area contributed by atoms with Crippen molar-refractivity contribution in [1.29, 1.82) is 0 Å². The van der Waals surface area contributed by atoms with Crippen LogP contribution in [-0.2, 0) is 4.74 Å². The molecular weight excluding hydrogens is 188 g/mol. The minimum atomic E-state index is 0.271. The van der Waals surface area contributed by atoms with Crippen LogP contribution < -0.4 is 10.6 Å². The molecule has 15 heavy (non-hydrogen) atoms. The van der Waals surface area contributed by atoms with Gasteiger partial charge < -0.3 is 15.4 Å². The first-order chi connectivity index (χ1) is 7.12. The lowest BCUT2D eigenvalue weighted by Gasteiger charge is -2.51. The first kappa shape index (κ1) is 12.7. The molecule has 1 fully saturated rings. The molecule has 3 nitrogen and oxygen atoms in total. The Hall–Kier alpha value is -0.380. The number of hydrogen-bond acceptors (Lipinski definition) is 3. The molecule has 0 aliphatic heterocycles. The van der Waals surface area contributed by atoms with E-state index >= 15 is 0 Å². The molecule has 3 heteroatoms. The zero-order valence-electron chi connectivity index (χ0n) is 10.2. The van der Waals surface area contributed by atoms with E-state index in [-0.39, 0.29) is 5.41 Å². The van der Waals surface area contributed by atoms with Crippen LogP contribution in [0.4, 0.5) is 0 Å². The standard InChI is InChI=1S/C12H24N2O/c1-5-6-13-7-8-14-10-9-11(15-4)12(10,2)3/h5,10-11,13-14H,1,6-9H2,2-4H3. The Morgan fingerprint density at radius 3 is 2.73 bits per heavy atom. The first-order valence-electron chi connectivity index (χ1n) is 5.70. The number of ether oxygens (including phenoxy) is 1. The second-order valence-electron chi connectivity index (χ2n) is 4.78. The van der Waals surface area contributed by atoms with Gasteiger partial charge in [-0.05, 0) is 6.42 Å². The zero-order chi connectivity index (χ0) is 11.3. The van der Waals surface area contributed by atoms with Gasteiger partial charge in [-0.1, -0.05) is 19.9 Å². The second kappa shape index (κ2) is 5.64. The lowest BCUT2D eigenvalue weighted by Crippen LogP contribution is -2.61. The maximum absolute atomic E-state index is 5.41. The molecule has 0 heterocycles. The van der Waals surface area contributed by atoms with Crippen molar-refractivity contribution < 1.29 is 4.74 Å². The molecule has 2 atom stereocenters. The van der Waals surface area contributed by atoms with Gasteiger partial charge in [0.1, 0.15) is 0 Å². The third-order valence-electron chi connectivity index (χ3n) is 3.44. The van der Waals surface area contributed by atoms with Crippen LogP contribution in [-0.4, -0.2) is 38.9 Å². The van der Waals surface area contributed by atoms with Crippen LogP contribution in [0.2, 0.25) is 0 Å². The predicted molar refractivity (Wildman–Crippen MR) is 64.1 cm³/mol. The summed E-state index contributed by atoms with van der Waals surface area (Å²) in [5.74, 6) is 0. The Morgan fingerprint density at radius 2 is 2.20 bits per heavy atom. The normalized spacial score (nSPS) is 28.5. The molecular formula is C12H24N2O. The number of nitrogens with one attached hydrogen (secondary N) is 2. The maximum Gasteiger partial charge on any atom is 0.0652 e. The monoisotopic (exact) mass is 212 g/mol. The molecule has 0 amide bonds. The molecule has 0 spiro atoms. The highest BCUT2D eigenvalue weighted by Gasteiger charge is 2.47. The summed E-state index contributed by atoms with van der Waals surface area (Å²) < 4.78 is 5.41. The highest BCUT2D eigenvalue weighted by molar-refractivity contribution is 5.02. The summed E-state index contributed by atoms with van der Waals surface area (Å²) in [6.45, 7) is 11.1. The van der Waals surface area contributed by atoms with E-state index in [1.165, 1.54) is 0 Å². The topological polar surface area (TPSA) is 33.3 Å². The van der Waals surface area contributed by atoms with Crippen molar-refractivity contribution in [2.75, 3.05) is 26.7 Å². The highest BCUT2D eigenvalue weighted by Crippen LogP contribution is 2.42. The van der Waals surface area contributed by atoms with Crippen LogP contribution in [0, 0.1) is 5.41 Å². The van der Waals surface area contributed by atoms with Crippen LogP contribution in [0.3, 0.4) is 0 Å². The van der Waals surface area contributed by atoms with Gasteiger partial charge in [0, 0.05) is 38.2 Å². The van der Waals surface area contributed by atoms with E-state index in [0.29, 0.717) is 12.1 Å². The maximum atomic E-state index is 5.41. The summed E-state index contributed by atoms with van der Waals surface area (Å²) >= 11 is 0. The Morgan fingerprint density at radius 1 is 1.47 bits per heavy atom. The molecule has 2 unspecified atom stereocenters. The average Bonchev–Trinajstić information content (AvgIpc) is 2.21. The molecule has 2 N–H and O–H groups in total. The van der Waals surface area contributed by atoms with Crippen molar-refractivity contribution in [2.45, 2.75) is 32.4 Å². The lowest BCUT2D eigenvalue weighted by atomic mass is 9.64. The quantitative estimate of drug-likeness (QED) is 0.491. The Kier molecular flexibility index (Phi) is 4.77. The fourth-order valence-electron chi connectivity index (χ4n) is 2.17. The van der Waals surface area contributed by atoms with Crippen molar-refractivity contribution in [3.05, 3.63) is 12.7 Å². The van der Waals surface area contributed by atoms with Gasteiger partial charge in [0.2, 0.25) is 0 Å². The van der Waals surface area contributed by atoms with E-state index in [1.54, 1.807) is 7.11 Å². The van der Waals surface area contributed by atoms with Crippen molar-refractivity contribution >= 4 is 0 Å². The van der Waals surface area contributed by atoms with E-state index < -0.39 is 0 Å². The van der Waals surface area contributed by atoms with Gasteiger partial charge in [-0.2, -0.15) is 0 Å². The van der Waals surface area contributed by atoms with Gasteiger partial charge in [-0.15, -0.1) is 6.58 Å². The predicted octanol–water partition coefficient (Wildman–Crippen LogP) is 1.17. The van der Waals surface area contributed by atoms with Crippen molar-refractivity contribution in [3.63, 3.8) is 0 Å². The van der Waals surface area contributed by atoms with Crippen LogP contribution in [0.25, 0.3) is 0 Å². The number of hydrogen-bond donors (Lipinski definition) is 2. The molecule has 1 aliphatic carbocycles. The molecule has 0 saturated heterocycles. The largest absolute Gasteiger partial charge is 0.381 e. The Balaban J connectivity index is 2.11. The molecule has 1 aliphatic rings. The molecule has 0 aromatic heterocycles. The van der Waals surface area contributed by atoms with Crippen molar-refractivity contribution in [2.24, 2.45) is 5.41 Å². The number of rotatable bonds is 7. The number of methoxy groups -OCH3 is 1. The fraction of sp³-hybridized carbons (Fsp3) is 0.833. The van der Waals surface area contributed by atoms with Gasteiger partial charge >= 0.3 is 0 Å². The van der Waals surface area contributed by atoms with Gasteiger partial charge in [-0.3, -0.25) is 0 Å². The smallest absolute Gasteiger partial charge is 0.0652 e. The summed E-state index contributed by atoms with van der Waals surface area (Å²) in [6, 6.07) is 0.591. The average molecular weight is 212 g/mol. The van der Waals surface area contributed by atoms with Crippen LogP contribution in [0.1, 0.15) is 20.3 Å². The van der Waals surface area contributed by atoms with Gasteiger partial charge in [0.25, 0.3) is 0 Å². The van der Waals surface area contributed by atoms with Crippen molar-refractivity contribution in [1.82, 2.24) is 10.6 Å². The lowest BCUT2D eigenvalue weighted by molar-refractivity contribution is -0.0971. The first-order valence-corrected chi connectivity index (χ1v) is 5.70. The van der Waals surface area contributed by atoms with Crippen LogP contribution in [0.5, 0.6) is 0 Å². The molecule has 1 rings (SSSR count). The molecule has 1 saturated carbocycles. The highest BCUT2D eigenvalue weighted by atomic mass is 16.5. The van der Waals surface area contributed by atoms with Crippen LogP contribution in [0.15, 0.2) is 12.7 Å². The Labute approximate surface area is 93.3 Å². The summed E-state index contributed by atoms with van der Waals surface area (Å²) in [4.78, 5) is 0. The minimum absolute atomic E-state index is 0.271. The van der Waals surface area contributed by atoms with Crippen molar-refractivity contribution in [3.8, 4) is 0 Å². The van der Waals surface area contributed by atoms with Crippen LogP contribution >= 0.6 is 0 Å². The molecule has 0 radical (unpaired) electrons. The van der Waals surface area contributed by atoms with Gasteiger partial charge in [0.15, 0.2) is 0 Å². The van der Waals surface area contributed by atoms with Gasteiger partial charge in [0.05, 0.1) is 6.10 Å². The summed E-state index contributed by atoms with van der Waals surface area (Å²) in [6.07, 6.45) is 3.43. The van der Waals surface area contributed by atoms with E-state index in [0.717, 1.165) is 26.1 Å². The fourth-order valence-corrected chi connectivity index (χ4v) is 2.17. The van der Waals surface area contributed by atoms with E-state index in [2.05, 4.69) is 31.1 Å². The molecule has 0 bridgehead atoms. The third kappa shape index (κ3) is 3.03. The SMILES string of the molecule is C=CCNCCNC1CC(OC)C1(C)C. The minimum Gasteiger partial charge on any atom is -0.381 e. The third-order valence-corrected chi connectivity index (χ3v) is 3.44. The van der Waals surface area contributed by atoms with Gasteiger partial charge in [-0.25, -0.2) is 0 Å². The summed E-state index contributed by atoms with van der Waals surface area (Å²) in [7, 11) is 1.80.